The minimum atomic E-state index is -2.80. The van der Waals surface area contributed by atoms with Crippen LogP contribution in [-0.2, 0) is 5.92 Å². The second kappa shape index (κ2) is 7.62. The summed E-state index contributed by atoms with van der Waals surface area (Å²) in [7, 11) is 0. The summed E-state index contributed by atoms with van der Waals surface area (Å²) in [6.07, 6.45) is 2.81. The molecule has 17 heavy (non-hydrogen) atoms. The molecule has 1 N–H and O–H groups in total. The van der Waals surface area contributed by atoms with E-state index >= 15 is 0 Å². The number of alkyl halides is 3. The van der Waals surface area contributed by atoms with E-state index in [0.29, 0.717) is 12.4 Å². The molecule has 0 saturated heterocycles. The van der Waals surface area contributed by atoms with Crippen LogP contribution >= 0.6 is 11.6 Å². The molecule has 0 aliphatic rings. The maximum atomic E-state index is 13.6. The number of nitrogens with one attached hydrogen (secondary N) is 1. The number of hydrogen-bond acceptors (Lipinski definition) is 1. The third-order valence-electron chi connectivity index (χ3n) is 2.53. The zero-order valence-corrected chi connectivity index (χ0v) is 10.5. The average Bonchev–Trinajstić information content (AvgIpc) is 2.35. The first-order chi connectivity index (χ1) is 8.17. The Bertz CT molecular complexity index is 304. The summed E-state index contributed by atoms with van der Waals surface area (Å²) >= 11 is 5.53. The second-order valence-electron chi connectivity index (χ2n) is 4.00. The molecule has 0 unspecified atom stereocenters. The lowest BCUT2D eigenvalue weighted by molar-refractivity contribution is -0.00300. The molecule has 96 valence electrons. The minimum Gasteiger partial charge on any atom is -0.311 e. The zero-order chi connectivity index (χ0) is 12.6. The molecule has 0 heterocycles. The number of benzene rings is 1. The van der Waals surface area contributed by atoms with E-state index in [0.717, 1.165) is 19.3 Å². The van der Waals surface area contributed by atoms with Crippen molar-refractivity contribution in [1.29, 1.82) is 0 Å². The predicted molar refractivity (Wildman–Crippen MR) is 67.8 cm³/mol. The summed E-state index contributed by atoms with van der Waals surface area (Å²) in [4.78, 5) is 0. The topological polar surface area (TPSA) is 12.0 Å². The van der Waals surface area contributed by atoms with Crippen molar-refractivity contribution in [2.45, 2.75) is 25.2 Å². The molecular weight excluding hydrogens is 244 g/mol. The molecule has 1 aromatic rings. The molecule has 1 rings (SSSR count). The number of rotatable bonds is 8. The molecule has 0 aliphatic heterocycles. The normalized spacial score (nSPS) is 11.7. The van der Waals surface area contributed by atoms with Gasteiger partial charge in [-0.05, 0) is 19.4 Å². The predicted octanol–water partition coefficient (Wildman–Crippen LogP) is 3.78. The minimum absolute atomic E-state index is 0.0632. The van der Waals surface area contributed by atoms with Gasteiger partial charge in [0.25, 0.3) is 5.92 Å². The summed E-state index contributed by atoms with van der Waals surface area (Å²) < 4.78 is 27.3. The summed E-state index contributed by atoms with van der Waals surface area (Å²) in [5.74, 6) is -2.16. The van der Waals surface area contributed by atoms with Crippen LogP contribution in [0.15, 0.2) is 30.3 Å². The first-order valence-corrected chi connectivity index (χ1v) is 6.40. The van der Waals surface area contributed by atoms with Gasteiger partial charge in [-0.3, -0.25) is 0 Å². The van der Waals surface area contributed by atoms with Crippen molar-refractivity contribution in [2.75, 3.05) is 19.0 Å². The molecule has 0 amide bonds. The van der Waals surface area contributed by atoms with Gasteiger partial charge in [0.15, 0.2) is 0 Å². The van der Waals surface area contributed by atoms with Crippen molar-refractivity contribution in [2.24, 2.45) is 0 Å². The van der Waals surface area contributed by atoms with Gasteiger partial charge >= 0.3 is 0 Å². The molecule has 1 aromatic carbocycles. The van der Waals surface area contributed by atoms with Crippen LogP contribution in [0.25, 0.3) is 0 Å². The molecule has 0 saturated carbocycles. The van der Waals surface area contributed by atoms with E-state index in [4.69, 9.17) is 11.6 Å². The number of hydrogen-bond donors (Lipinski definition) is 1. The van der Waals surface area contributed by atoms with Crippen molar-refractivity contribution >= 4 is 11.6 Å². The van der Waals surface area contributed by atoms with Crippen molar-refractivity contribution in [3.05, 3.63) is 35.9 Å². The first-order valence-electron chi connectivity index (χ1n) is 5.87. The van der Waals surface area contributed by atoms with E-state index in [1.807, 2.05) is 0 Å². The van der Waals surface area contributed by atoms with Crippen molar-refractivity contribution in [1.82, 2.24) is 5.32 Å². The van der Waals surface area contributed by atoms with Gasteiger partial charge in [-0.15, -0.1) is 11.6 Å². The van der Waals surface area contributed by atoms with E-state index in [2.05, 4.69) is 5.32 Å². The Hall–Kier alpha value is -0.670. The second-order valence-corrected chi connectivity index (χ2v) is 4.37. The summed E-state index contributed by atoms with van der Waals surface area (Å²) in [5, 5.41) is 2.79. The van der Waals surface area contributed by atoms with Gasteiger partial charge in [-0.2, -0.15) is 8.78 Å². The number of halogens is 3. The van der Waals surface area contributed by atoms with E-state index in [-0.39, 0.29) is 12.1 Å². The van der Waals surface area contributed by atoms with Gasteiger partial charge in [-0.1, -0.05) is 36.8 Å². The lowest BCUT2D eigenvalue weighted by Crippen LogP contribution is -2.31. The molecule has 0 aromatic heterocycles. The highest BCUT2D eigenvalue weighted by molar-refractivity contribution is 6.17. The van der Waals surface area contributed by atoms with Gasteiger partial charge in [-0.25, -0.2) is 0 Å². The quantitative estimate of drug-likeness (QED) is 0.555. The molecular formula is C13H18ClF2N. The molecule has 1 nitrogen and oxygen atoms in total. The Balaban J connectivity index is 2.26. The Morgan fingerprint density at radius 2 is 1.76 bits per heavy atom. The molecule has 4 heteroatoms. The van der Waals surface area contributed by atoms with Crippen molar-refractivity contribution in [3.8, 4) is 0 Å². The van der Waals surface area contributed by atoms with Crippen LogP contribution in [0.2, 0.25) is 0 Å². The Morgan fingerprint density at radius 3 is 2.41 bits per heavy atom. The van der Waals surface area contributed by atoms with Gasteiger partial charge in [0.1, 0.15) is 0 Å². The van der Waals surface area contributed by atoms with E-state index in [1.54, 1.807) is 18.2 Å². The largest absolute Gasteiger partial charge is 0.311 e. The fourth-order valence-electron chi connectivity index (χ4n) is 1.55. The van der Waals surface area contributed by atoms with Crippen molar-refractivity contribution in [3.63, 3.8) is 0 Å². The maximum Gasteiger partial charge on any atom is 0.285 e. The monoisotopic (exact) mass is 261 g/mol. The third-order valence-corrected chi connectivity index (χ3v) is 2.80. The van der Waals surface area contributed by atoms with Gasteiger partial charge in [0.2, 0.25) is 0 Å². The van der Waals surface area contributed by atoms with Crippen molar-refractivity contribution < 1.29 is 8.78 Å². The van der Waals surface area contributed by atoms with Crippen LogP contribution in [0.5, 0.6) is 0 Å². The van der Waals surface area contributed by atoms with E-state index < -0.39 is 5.92 Å². The summed E-state index contributed by atoms with van der Waals surface area (Å²) in [6, 6.07) is 7.90. The molecule has 0 radical (unpaired) electrons. The average molecular weight is 262 g/mol. The van der Waals surface area contributed by atoms with Crippen LogP contribution in [0.4, 0.5) is 8.78 Å². The van der Waals surface area contributed by atoms with Crippen LogP contribution in [0, 0.1) is 0 Å². The van der Waals surface area contributed by atoms with Crippen LogP contribution in [-0.4, -0.2) is 19.0 Å². The van der Waals surface area contributed by atoms with E-state index in [1.165, 1.54) is 12.1 Å². The summed E-state index contributed by atoms with van der Waals surface area (Å²) in [6.45, 7) is 0.303. The summed E-state index contributed by atoms with van der Waals surface area (Å²) in [5.41, 5.74) is 0.0632. The first kappa shape index (κ1) is 14.4. The molecule has 0 fully saturated rings. The highest BCUT2D eigenvalue weighted by Crippen LogP contribution is 2.26. The molecule has 0 aliphatic carbocycles. The number of unbranched alkanes of at least 4 members (excludes halogenated alkanes) is 2. The van der Waals surface area contributed by atoms with Crippen LogP contribution in [0.1, 0.15) is 24.8 Å². The Labute approximate surface area is 106 Å². The lowest BCUT2D eigenvalue weighted by atomic mass is 10.1. The fraction of sp³-hybridized carbons (Fsp3) is 0.538. The van der Waals surface area contributed by atoms with Gasteiger partial charge in [0.05, 0.1) is 6.54 Å². The third kappa shape index (κ3) is 5.46. The Kier molecular flexibility index (Phi) is 6.45. The maximum absolute atomic E-state index is 13.6. The fourth-order valence-corrected chi connectivity index (χ4v) is 1.74. The SMILES string of the molecule is FC(F)(CNCCCCCCl)c1ccccc1. The highest BCUT2D eigenvalue weighted by Gasteiger charge is 2.30. The van der Waals surface area contributed by atoms with Crippen LogP contribution < -0.4 is 5.32 Å². The Morgan fingerprint density at radius 1 is 1.06 bits per heavy atom. The lowest BCUT2D eigenvalue weighted by Gasteiger charge is -2.17. The molecule has 0 spiro atoms. The van der Waals surface area contributed by atoms with E-state index in [9.17, 15) is 8.78 Å². The molecule has 0 bridgehead atoms. The zero-order valence-electron chi connectivity index (χ0n) is 9.76. The van der Waals surface area contributed by atoms with Gasteiger partial charge < -0.3 is 5.32 Å². The smallest absolute Gasteiger partial charge is 0.285 e. The van der Waals surface area contributed by atoms with Gasteiger partial charge in [0, 0.05) is 11.4 Å². The highest BCUT2D eigenvalue weighted by atomic mass is 35.5. The standard InChI is InChI=1S/C13H18ClF2N/c14-9-5-2-6-10-17-11-13(15,16)12-7-3-1-4-8-12/h1,3-4,7-8,17H,2,5-6,9-11H2. The molecule has 0 atom stereocenters. The van der Waals surface area contributed by atoms with Crippen LogP contribution in [0.3, 0.4) is 0 Å².